The molecule has 3 atom stereocenters. The van der Waals surface area contributed by atoms with Gasteiger partial charge in [-0.2, -0.15) is 5.10 Å². The molecule has 1 aromatic heterocycles. The van der Waals surface area contributed by atoms with E-state index in [9.17, 15) is 0 Å². The number of aryl methyl sites for hydroxylation is 1. The standard InChI is InChI=1S/C13H19N3O/c1-8-5-15-16(9-6-17-7-9)13(8)10-2-3-14-12-4-11(10)12/h5,9-12,14H,2-4,6-7H2,1H3. The third-order valence-electron chi connectivity index (χ3n) is 4.56. The normalized spacial score (nSPS) is 36.4. The second-order valence-corrected chi connectivity index (χ2v) is 5.70. The van der Waals surface area contributed by atoms with Crippen LogP contribution in [0.1, 0.15) is 36.1 Å². The van der Waals surface area contributed by atoms with Crippen LogP contribution in [-0.4, -0.2) is 35.6 Å². The summed E-state index contributed by atoms with van der Waals surface area (Å²) in [6.07, 6.45) is 4.66. The highest BCUT2D eigenvalue weighted by molar-refractivity contribution is 5.26. The maximum absolute atomic E-state index is 5.30. The Kier molecular flexibility index (Phi) is 2.11. The van der Waals surface area contributed by atoms with Crippen molar-refractivity contribution in [3.63, 3.8) is 0 Å². The average molecular weight is 233 g/mol. The van der Waals surface area contributed by atoms with E-state index >= 15 is 0 Å². The minimum absolute atomic E-state index is 0.491. The fourth-order valence-corrected chi connectivity index (χ4v) is 3.45. The predicted octanol–water partition coefficient (Wildman–Crippen LogP) is 1.23. The van der Waals surface area contributed by atoms with Crippen LogP contribution in [0, 0.1) is 12.8 Å². The summed E-state index contributed by atoms with van der Waals surface area (Å²) < 4.78 is 7.56. The summed E-state index contributed by atoms with van der Waals surface area (Å²) in [5.74, 6) is 1.59. The molecule has 1 aliphatic carbocycles. The Morgan fingerprint density at radius 2 is 2.35 bits per heavy atom. The van der Waals surface area contributed by atoms with Crippen molar-refractivity contribution >= 4 is 0 Å². The van der Waals surface area contributed by atoms with Crippen LogP contribution >= 0.6 is 0 Å². The molecule has 2 saturated heterocycles. The molecular formula is C13H19N3O. The van der Waals surface area contributed by atoms with Gasteiger partial charge < -0.3 is 10.1 Å². The van der Waals surface area contributed by atoms with Gasteiger partial charge in [-0.25, -0.2) is 0 Å². The van der Waals surface area contributed by atoms with Gasteiger partial charge in [0.15, 0.2) is 0 Å². The molecule has 3 aliphatic rings. The van der Waals surface area contributed by atoms with Gasteiger partial charge in [0, 0.05) is 17.7 Å². The quantitative estimate of drug-likeness (QED) is 0.835. The van der Waals surface area contributed by atoms with Gasteiger partial charge >= 0.3 is 0 Å². The first kappa shape index (κ1) is 10.1. The van der Waals surface area contributed by atoms with Gasteiger partial charge in [-0.15, -0.1) is 0 Å². The van der Waals surface area contributed by atoms with Crippen molar-refractivity contribution in [2.24, 2.45) is 5.92 Å². The average Bonchev–Trinajstić information content (AvgIpc) is 2.96. The van der Waals surface area contributed by atoms with Crippen LogP contribution < -0.4 is 5.32 Å². The van der Waals surface area contributed by atoms with Crippen LogP contribution in [0.5, 0.6) is 0 Å². The number of fused-ring (bicyclic) bond motifs is 1. The molecule has 3 heterocycles. The van der Waals surface area contributed by atoms with E-state index in [0.717, 1.165) is 37.6 Å². The maximum Gasteiger partial charge on any atom is 0.0988 e. The van der Waals surface area contributed by atoms with Crippen molar-refractivity contribution in [3.05, 3.63) is 17.5 Å². The number of nitrogens with zero attached hydrogens (tertiary/aromatic N) is 2. The van der Waals surface area contributed by atoms with E-state index < -0.39 is 0 Å². The van der Waals surface area contributed by atoms with Gasteiger partial charge in [-0.05, 0) is 37.8 Å². The summed E-state index contributed by atoms with van der Waals surface area (Å²) in [6.45, 7) is 5.05. The lowest BCUT2D eigenvalue weighted by Crippen LogP contribution is -2.35. The Morgan fingerprint density at radius 1 is 1.47 bits per heavy atom. The fourth-order valence-electron chi connectivity index (χ4n) is 3.45. The minimum atomic E-state index is 0.491. The summed E-state index contributed by atoms with van der Waals surface area (Å²) >= 11 is 0. The molecule has 1 saturated carbocycles. The molecule has 17 heavy (non-hydrogen) atoms. The molecule has 0 bridgehead atoms. The second kappa shape index (κ2) is 3.56. The lowest BCUT2D eigenvalue weighted by atomic mass is 9.90. The van der Waals surface area contributed by atoms with Gasteiger partial charge in [0.25, 0.3) is 0 Å². The molecular weight excluding hydrogens is 214 g/mol. The van der Waals surface area contributed by atoms with Crippen LogP contribution in [0.3, 0.4) is 0 Å². The molecule has 3 unspecified atom stereocenters. The summed E-state index contributed by atoms with van der Waals surface area (Å²) in [7, 11) is 0. The van der Waals surface area contributed by atoms with E-state index in [2.05, 4.69) is 22.0 Å². The molecule has 1 aromatic rings. The van der Waals surface area contributed by atoms with E-state index in [4.69, 9.17) is 4.74 Å². The summed E-state index contributed by atoms with van der Waals surface area (Å²) in [5.41, 5.74) is 2.86. The van der Waals surface area contributed by atoms with Crippen LogP contribution in [-0.2, 0) is 4.74 Å². The van der Waals surface area contributed by atoms with E-state index in [-0.39, 0.29) is 0 Å². The predicted molar refractivity (Wildman–Crippen MR) is 64.1 cm³/mol. The Hall–Kier alpha value is -0.870. The van der Waals surface area contributed by atoms with Gasteiger partial charge in [-0.1, -0.05) is 0 Å². The first-order chi connectivity index (χ1) is 8.34. The largest absolute Gasteiger partial charge is 0.377 e. The Labute approximate surface area is 101 Å². The highest BCUT2D eigenvalue weighted by Crippen LogP contribution is 2.48. The van der Waals surface area contributed by atoms with Crippen molar-refractivity contribution in [1.82, 2.24) is 15.1 Å². The molecule has 0 aromatic carbocycles. The van der Waals surface area contributed by atoms with Crippen molar-refractivity contribution in [2.75, 3.05) is 19.8 Å². The Balaban J connectivity index is 1.69. The molecule has 4 rings (SSSR count). The van der Waals surface area contributed by atoms with Crippen molar-refractivity contribution in [2.45, 2.75) is 37.8 Å². The van der Waals surface area contributed by atoms with E-state index in [1.54, 1.807) is 0 Å². The minimum Gasteiger partial charge on any atom is -0.377 e. The number of nitrogens with one attached hydrogen (secondary N) is 1. The lowest BCUT2D eigenvalue weighted by molar-refractivity contribution is -0.0305. The zero-order chi connectivity index (χ0) is 11.4. The smallest absolute Gasteiger partial charge is 0.0988 e. The van der Waals surface area contributed by atoms with Gasteiger partial charge in [0.05, 0.1) is 25.5 Å². The van der Waals surface area contributed by atoms with Gasteiger partial charge in [-0.3, -0.25) is 4.68 Å². The number of aromatic nitrogens is 2. The van der Waals surface area contributed by atoms with Crippen LogP contribution in [0.15, 0.2) is 6.20 Å². The number of hydrogen-bond acceptors (Lipinski definition) is 3. The molecule has 0 radical (unpaired) electrons. The van der Waals surface area contributed by atoms with E-state index in [1.165, 1.54) is 24.1 Å². The SMILES string of the molecule is Cc1cnn(C2COC2)c1C1CCNC2CC21. The third kappa shape index (κ3) is 1.47. The zero-order valence-corrected chi connectivity index (χ0v) is 10.2. The molecule has 2 aliphatic heterocycles. The lowest BCUT2D eigenvalue weighted by Gasteiger charge is -2.31. The van der Waals surface area contributed by atoms with Crippen LogP contribution in [0.25, 0.3) is 0 Å². The topological polar surface area (TPSA) is 39.1 Å². The zero-order valence-electron chi connectivity index (χ0n) is 10.2. The maximum atomic E-state index is 5.30. The second-order valence-electron chi connectivity index (χ2n) is 5.70. The highest BCUT2D eigenvalue weighted by atomic mass is 16.5. The number of hydrogen-bond donors (Lipinski definition) is 1. The molecule has 92 valence electrons. The molecule has 4 heteroatoms. The summed E-state index contributed by atoms with van der Waals surface area (Å²) in [6, 6.07) is 1.28. The van der Waals surface area contributed by atoms with Crippen molar-refractivity contribution in [3.8, 4) is 0 Å². The van der Waals surface area contributed by atoms with E-state index in [0.29, 0.717) is 6.04 Å². The third-order valence-corrected chi connectivity index (χ3v) is 4.56. The fraction of sp³-hybridized carbons (Fsp3) is 0.769. The molecule has 1 N–H and O–H groups in total. The molecule has 0 amide bonds. The highest BCUT2D eigenvalue weighted by Gasteiger charge is 2.47. The Bertz CT molecular complexity index is 438. The summed E-state index contributed by atoms with van der Waals surface area (Å²) in [4.78, 5) is 0. The van der Waals surface area contributed by atoms with Gasteiger partial charge in [0.1, 0.15) is 0 Å². The molecule has 0 spiro atoms. The monoisotopic (exact) mass is 233 g/mol. The van der Waals surface area contributed by atoms with E-state index in [1.807, 2.05) is 6.20 Å². The van der Waals surface area contributed by atoms with Crippen molar-refractivity contribution in [1.29, 1.82) is 0 Å². The first-order valence-electron chi connectivity index (χ1n) is 6.69. The number of ether oxygens (including phenoxy) is 1. The van der Waals surface area contributed by atoms with Crippen LogP contribution in [0.2, 0.25) is 0 Å². The number of rotatable bonds is 2. The van der Waals surface area contributed by atoms with Gasteiger partial charge in [0.2, 0.25) is 0 Å². The number of piperidine rings is 1. The summed E-state index contributed by atoms with van der Waals surface area (Å²) in [5, 5.41) is 8.17. The molecule has 3 fully saturated rings. The van der Waals surface area contributed by atoms with Crippen LogP contribution in [0.4, 0.5) is 0 Å². The Morgan fingerprint density at radius 3 is 3.12 bits per heavy atom. The molecule has 4 nitrogen and oxygen atoms in total. The first-order valence-corrected chi connectivity index (χ1v) is 6.69. The van der Waals surface area contributed by atoms with Crippen molar-refractivity contribution < 1.29 is 4.74 Å².